The van der Waals surface area contributed by atoms with Crippen LogP contribution in [0.4, 0.5) is 5.69 Å². The number of benzene rings is 1. The summed E-state index contributed by atoms with van der Waals surface area (Å²) in [6.45, 7) is 3.95. The first-order valence-electron chi connectivity index (χ1n) is 10.4. The van der Waals surface area contributed by atoms with E-state index in [0.29, 0.717) is 12.1 Å². The topological polar surface area (TPSA) is 46.6 Å². The van der Waals surface area contributed by atoms with E-state index < -0.39 is 0 Å². The molecule has 0 amide bonds. The van der Waals surface area contributed by atoms with Crippen LogP contribution in [0.3, 0.4) is 0 Å². The Morgan fingerprint density at radius 1 is 1.25 bits per heavy atom. The highest BCUT2D eigenvalue weighted by atomic mass is 32.1. The molecule has 5 rings (SSSR count). The molecule has 1 aromatic heterocycles. The molecule has 1 unspecified atom stereocenters. The standard InChI is InChI=1S/C22H29N3O2S/c1-14-7-8-17-19(25(14)2)10-9-16(20(17)27-15-5-4-6-15)18-11-28-21(24-18)22(26-3)12-23-13-22/h9-11,14-15,23H,4-8,12-13H2,1-3H3. The molecule has 1 atom stereocenters. The van der Waals surface area contributed by atoms with Crippen LogP contribution >= 0.6 is 11.3 Å². The van der Waals surface area contributed by atoms with Crippen LogP contribution in [0.5, 0.6) is 5.75 Å². The lowest BCUT2D eigenvalue weighted by molar-refractivity contribution is -0.0565. The van der Waals surface area contributed by atoms with Gasteiger partial charge < -0.3 is 19.7 Å². The van der Waals surface area contributed by atoms with E-state index in [1.54, 1.807) is 18.4 Å². The zero-order valence-corrected chi connectivity index (χ0v) is 17.8. The molecule has 2 aromatic rings. The Morgan fingerprint density at radius 3 is 2.71 bits per heavy atom. The number of thiazole rings is 1. The van der Waals surface area contributed by atoms with Crippen LogP contribution in [0.15, 0.2) is 17.5 Å². The van der Waals surface area contributed by atoms with Crippen molar-refractivity contribution in [3.63, 3.8) is 0 Å². The van der Waals surface area contributed by atoms with Gasteiger partial charge in [-0.1, -0.05) is 0 Å². The number of hydrogen-bond donors (Lipinski definition) is 1. The van der Waals surface area contributed by atoms with Gasteiger partial charge in [-0.05, 0) is 51.2 Å². The number of nitrogens with one attached hydrogen (secondary N) is 1. The molecule has 3 heterocycles. The fourth-order valence-electron chi connectivity index (χ4n) is 4.31. The predicted octanol–water partition coefficient (Wildman–Crippen LogP) is 3.96. The fraction of sp³-hybridized carbons (Fsp3) is 0.591. The molecule has 2 aliphatic heterocycles. The Kier molecular flexibility index (Phi) is 4.61. The van der Waals surface area contributed by atoms with Crippen molar-refractivity contribution in [3.05, 3.63) is 28.1 Å². The van der Waals surface area contributed by atoms with Crippen molar-refractivity contribution in [2.75, 3.05) is 32.1 Å². The number of anilines is 1. The highest BCUT2D eigenvalue weighted by Crippen LogP contribution is 2.45. The smallest absolute Gasteiger partial charge is 0.144 e. The van der Waals surface area contributed by atoms with Crippen molar-refractivity contribution in [1.29, 1.82) is 0 Å². The Hall–Kier alpha value is -1.63. The molecule has 1 saturated carbocycles. The van der Waals surface area contributed by atoms with E-state index in [1.807, 2.05) is 0 Å². The molecule has 1 aromatic carbocycles. The SMILES string of the molecule is COC1(c2nc(-c3ccc4c(c3OC3CCC3)CCC(C)N4C)cs2)CNC1. The van der Waals surface area contributed by atoms with Gasteiger partial charge in [-0.2, -0.15) is 0 Å². The normalized spacial score (nSPS) is 23.7. The first kappa shape index (κ1) is 18.4. The zero-order chi connectivity index (χ0) is 19.3. The van der Waals surface area contributed by atoms with Crippen molar-refractivity contribution in [3.8, 4) is 17.0 Å². The summed E-state index contributed by atoms with van der Waals surface area (Å²) in [4.78, 5) is 7.39. The Bertz CT molecular complexity index is 867. The van der Waals surface area contributed by atoms with Gasteiger partial charge in [-0.3, -0.25) is 0 Å². The molecule has 150 valence electrons. The van der Waals surface area contributed by atoms with Crippen molar-refractivity contribution in [2.24, 2.45) is 0 Å². The maximum absolute atomic E-state index is 6.57. The molecule has 1 aliphatic carbocycles. The van der Waals surface area contributed by atoms with Gasteiger partial charge in [0.2, 0.25) is 0 Å². The van der Waals surface area contributed by atoms with Crippen molar-refractivity contribution >= 4 is 17.0 Å². The third kappa shape index (κ3) is 2.85. The number of nitrogens with zero attached hydrogens (tertiary/aromatic N) is 2. The average molecular weight is 400 g/mol. The van der Waals surface area contributed by atoms with E-state index in [1.165, 1.54) is 17.7 Å². The summed E-state index contributed by atoms with van der Waals surface area (Å²) in [5, 5.41) is 6.54. The highest BCUT2D eigenvalue weighted by Gasteiger charge is 2.42. The summed E-state index contributed by atoms with van der Waals surface area (Å²) in [5.41, 5.74) is 4.55. The van der Waals surface area contributed by atoms with Gasteiger partial charge in [0, 0.05) is 55.5 Å². The predicted molar refractivity (Wildman–Crippen MR) is 114 cm³/mol. The monoisotopic (exact) mass is 399 g/mol. The van der Waals surface area contributed by atoms with E-state index >= 15 is 0 Å². The molecule has 3 aliphatic rings. The Morgan fingerprint density at radius 2 is 2.07 bits per heavy atom. The maximum Gasteiger partial charge on any atom is 0.144 e. The number of fused-ring (bicyclic) bond motifs is 1. The lowest BCUT2D eigenvalue weighted by atomic mass is 9.92. The van der Waals surface area contributed by atoms with E-state index in [2.05, 4.69) is 41.7 Å². The van der Waals surface area contributed by atoms with Gasteiger partial charge in [0.25, 0.3) is 0 Å². The minimum atomic E-state index is -0.262. The summed E-state index contributed by atoms with van der Waals surface area (Å²) >= 11 is 1.70. The van der Waals surface area contributed by atoms with Crippen molar-refractivity contribution in [2.45, 2.75) is 56.8 Å². The molecule has 0 bridgehead atoms. The minimum absolute atomic E-state index is 0.262. The maximum atomic E-state index is 6.57. The second kappa shape index (κ2) is 7.01. The van der Waals surface area contributed by atoms with Crippen LogP contribution in [0.1, 0.15) is 43.2 Å². The minimum Gasteiger partial charge on any atom is -0.489 e. The van der Waals surface area contributed by atoms with E-state index in [9.17, 15) is 0 Å². The van der Waals surface area contributed by atoms with Crippen LogP contribution in [-0.2, 0) is 16.8 Å². The van der Waals surface area contributed by atoms with Crippen molar-refractivity contribution < 1.29 is 9.47 Å². The van der Waals surface area contributed by atoms with Crippen LogP contribution in [0, 0.1) is 0 Å². The van der Waals surface area contributed by atoms with Crippen molar-refractivity contribution in [1.82, 2.24) is 10.3 Å². The number of rotatable bonds is 5. The fourth-order valence-corrected chi connectivity index (χ4v) is 5.30. The van der Waals surface area contributed by atoms with Gasteiger partial charge in [0.1, 0.15) is 16.4 Å². The molecule has 1 saturated heterocycles. The molecule has 5 nitrogen and oxygen atoms in total. The molecule has 0 spiro atoms. The summed E-state index contributed by atoms with van der Waals surface area (Å²) in [6.07, 6.45) is 6.19. The molecule has 1 N–H and O–H groups in total. The lowest BCUT2D eigenvalue weighted by Crippen LogP contribution is -2.57. The Labute approximate surface area is 171 Å². The quantitative estimate of drug-likeness (QED) is 0.825. The first-order chi connectivity index (χ1) is 13.6. The van der Waals surface area contributed by atoms with Crippen LogP contribution in [0.2, 0.25) is 0 Å². The molecular weight excluding hydrogens is 370 g/mol. The van der Waals surface area contributed by atoms with Crippen LogP contribution < -0.4 is 15.0 Å². The second-order valence-corrected chi connectivity index (χ2v) is 9.31. The molecule has 2 fully saturated rings. The van der Waals surface area contributed by atoms with Crippen LogP contribution in [-0.4, -0.2) is 44.4 Å². The largest absolute Gasteiger partial charge is 0.489 e. The summed E-state index contributed by atoms with van der Waals surface area (Å²) < 4.78 is 12.4. The summed E-state index contributed by atoms with van der Waals surface area (Å²) in [5.74, 6) is 1.07. The number of hydrogen-bond acceptors (Lipinski definition) is 6. The average Bonchev–Trinajstić information content (AvgIpc) is 3.10. The van der Waals surface area contributed by atoms with Gasteiger partial charge in [0.15, 0.2) is 0 Å². The first-order valence-corrected chi connectivity index (χ1v) is 11.3. The molecular formula is C22H29N3O2S. The highest BCUT2D eigenvalue weighted by molar-refractivity contribution is 7.10. The molecule has 0 radical (unpaired) electrons. The van der Waals surface area contributed by atoms with E-state index in [0.717, 1.165) is 60.8 Å². The van der Waals surface area contributed by atoms with Crippen LogP contribution in [0.25, 0.3) is 11.3 Å². The number of ether oxygens (including phenoxy) is 2. The van der Waals surface area contributed by atoms with E-state index in [4.69, 9.17) is 14.5 Å². The molecule has 28 heavy (non-hydrogen) atoms. The Balaban J connectivity index is 1.56. The van der Waals surface area contributed by atoms with E-state index in [-0.39, 0.29) is 5.60 Å². The molecule has 6 heteroatoms. The van der Waals surface area contributed by atoms with Gasteiger partial charge in [-0.15, -0.1) is 11.3 Å². The lowest BCUT2D eigenvalue weighted by Gasteiger charge is -2.39. The van der Waals surface area contributed by atoms with Gasteiger partial charge in [-0.25, -0.2) is 4.98 Å². The number of aromatic nitrogens is 1. The third-order valence-electron chi connectivity index (χ3n) is 6.81. The zero-order valence-electron chi connectivity index (χ0n) is 17.0. The summed E-state index contributed by atoms with van der Waals surface area (Å²) in [6, 6.07) is 5.02. The van der Waals surface area contributed by atoms with Gasteiger partial charge in [0.05, 0.1) is 11.8 Å². The second-order valence-electron chi connectivity index (χ2n) is 8.45. The third-order valence-corrected chi connectivity index (χ3v) is 7.84. The van der Waals surface area contributed by atoms with Gasteiger partial charge >= 0.3 is 0 Å². The number of methoxy groups -OCH3 is 1. The summed E-state index contributed by atoms with van der Waals surface area (Å²) in [7, 11) is 3.98.